The molecule has 0 amide bonds. The molecule has 0 spiro atoms. The maximum absolute atomic E-state index is 12.5. The molecule has 0 radical (unpaired) electrons. The number of halogens is 2. The van der Waals surface area contributed by atoms with Gasteiger partial charge in [0.15, 0.2) is 12.5 Å². The first-order chi connectivity index (χ1) is 15.3. The summed E-state index contributed by atoms with van der Waals surface area (Å²) in [5.74, 6) is -1.68. The zero-order valence-electron chi connectivity index (χ0n) is 19.0. The SMILES string of the molecule is CC.CC1=C(C2=CC(CO)NN2C)CNC(OCC(=O)O)=C1.CNc1c(F)cccc1F. The largest absolute Gasteiger partial charge is 0.479 e. The van der Waals surface area contributed by atoms with Crippen molar-refractivity contribution in [2.75, 3.05) is 39.2 Å². The zero-order valence-corrected chi connectivity index (χ0v) is 19.0. The Morgan fingerprint density at radius 3 is 2.38 bits per heavy atom. The predicted molar refractivity (Wildman–Crippen MR) is 119 cm³/mol. The Balaban J connectivity index is 0.000000358. The molecule has 0 aliphatic carbocycles. The highest BCUT2D eigenvalue weighted by Gasteiger charge is 2.24. The first kappa shape index (κ1) is 26.9. The summed E-state index contributed by atoms with van der Waals surface area (Å²) >= 11 is 0. The molecule has 1 aromatic carbocycles. The molecule has 2 aliphatic heterocycles. The first-order valence-corrected chi connectivity index (χ1v) is 10.2. The minimum absolute atomic E-state index is 0.0381. The molecule has 2 aliphatic rings. The van der Waals surface area contributed by atoms with E-state index in [1.807, 2.05) is 38.9 Å². The van der Waals surface area contributed by atoms with Crippen molar-refractivity contribution in [1.29, 1.82) is 0 Å². The number of rotatable bonds is 6. The molecule has 0 saturated carbocycles. The van der Waals surface area contributed by atoms with E-state index < -0.39 is 17.6 Å². The number of aliphatic carboxylic acids is 1. The van der Waals surface area contributed by atoms with Crippen molar-refractivity contribution in [2.45, 2.75) is 26.8 Å². The number of aliphatic hydroxyl groups excluding tert-OH is 1. The average Bonchev–Trinajstić information content (AvgIpc) is 3.15. The Kier molecular flexibility index (Phi) is 11.2. The molecule has 1 unspecified atom stereocenters. The highest BCUT2D eigenvalue weighted by Crippen LogP contribution is 2.25. The number of likely N-dealkylation sites (N-methyl/N-ethyl adjacent to an activating group) is 1. The van der Waals surface area contributed by atoms with E-state index in [4.69, 9.17) is 9.84 Å². The Morgan fingerprint density at radius 2 is 1.94 bits per heavy atom. The number of allylic oxidation sites excluding steroid dienone is 2. The zero-order chi connectivity index (χ0) is 24.3. The minimum atomic E-state index is -1.01. The molecule has 2 heterocycles. The Labute approximate surface area is 187 Å². The molecule has 32 heavy (non-hydrogen) atoms. The van der Waals surface area contributed by atoms with E-state index in [1.54, 1.807) is 6.08 Å². The van der Waals surface area contributed by atoms with Gasteiger partial charge in [-0.3, -0.25) is 0 Å². The molecular weight excluding hydrogens is 422 g/mol. The summed E-state index contributed by atoms with van der Waals surface area (Å²) in [6.07, 6.45) is 3.75. The van der Waals surface area contributed by atoms with Gasteiger partial charge in [0, 0.05) is 26.7 Å². The van der Waals surface area contributed by atoms with Gasteiger partial charge in [-0.2, -0.15) is 0 Å². The smallest absolute Gasteiger partial charge is 0.341 e. The number of carboxylic acid groups (broad SMARTS) is 1. The van der Waals surface area contributed by atoms with Gasteiger partial charge in [-0.1, -0.05) is 19.9 Å². The van der Waals surface area contributed by atoms with Gasteiger partial charge in [0.2, 0.25) is 0 Å². The van der Waals surface area contributed by atoms with Crippen LogP contribution in [0.2, 0.25) is 0 Å². The summed E-state index contributed by atoms with van der Waals surface area (Å²) in [4.78, 5) is 10.5. The molecule has 0 fully saturated rings. The number of dihydropyridines is 1. The van der Waals surface area contributed by atoms with Crippen molar-refractivity contribution in [3.05, 3.63) is 64.7 Å². The summed E-state index contributed by atoms with van der Waals surface area (Å²) < 4.78 is 30.2. The number of hydrogen-bond donors (Lipinski definition) is 5. The van der Waals surface area contributed by atoms with Crippen LogP contribution in [-0.4, -0.2) is 61.1 Å². The number of ether oxygens (including phenoxy) is 1. The van der Waals surface area contributed by atoms with Crippen LogP contribution in [0.25, 0.3) is 0 Å². The van der Waals surface area contributed by atoms with Crippen LogP contribution >= 0.6 is 0 Å². The predicted octanol–water partition coefficient (Wildman–Crippen LogP) is 2.58. The third kappa shape index (κ3) is 7.54. The van der Waals surface area contributed by atoms with Crippen LogP contribution in [0.4, 0.5) is 14.5 Å². The topological polar surface area (TPSA) is 106 Å². The number of hydrogen-bond acceptors (Lipinski definition) is 7. The van der Waals surface area contributed by atoms with Gasteiger partial charge in [-0.05, 0) is 36.3 Å². The molecule has 0 aromatic heterocycles. The van der Waals surface area contributed by atoms with Crippen LogP contribution in [0.3, 0.4) is 0 Å². The molecule has 1 atom stereocenters. The molecular formula is C22H32F2N4O4. The van der Waals surface area contributed by atoms with E-state index in [9.17, 15) is 18.7 Å². The third-order valence-electron chi connectivity index (χ3n) is 4.41. The second-order valence-electron chi connectivity index (χ2n) is 6.58. The minimum Gasteiger partial charge on any atom is -0.479 e. The van der Waals surface area contributed by atoms with E-state index >= 15 is 0 Å². The summed E-state index contributed by atoms with van der Waals surface area (Å²) in [5, 5.41) is 25.1. The fraction of sp³-hybridized carbons (Fsp3) is 0.409. The van der Waals surface area contributed by atoms with E-state index in [2.05, 4.69) is 16.1 Å². The van der Waals surface area contributed by atoms with Crippen LogP contribution in [-0.2, 0) is 9.53 Å². The highest BCUT2D eigenvalue weighted by atomic mass is 19.1. The Hall–Kier alpha value is -3.11. The molecule has 3 rings (SSSR count). The molecule has 0 saturated heterocycles. The number of carbonyl (C=O) groups is 1. The lowest BCUT2D eigenvalue weighted by molar-refractivity contribution is -0.141. The van der Waals surface area contributed by atoms with E-state index in [1.165, 1.54) is 25.2 Å². The van der Waals surface area contributed by atoms with Crippen LogP contribution < -0.4 is 16.1 Å². The van der Waals surface area contributed by atoms with Gasteiger partial charge in [-0.15, -0.1) is 0 Å². The van der Waals surface area contributed by atoms with Crippen molar-refractivity contribution < 1.29 is 28.5 Å². The maximum Gasteiger partial charge on any atom is 0.341 e. The van der Waals surface area contributed by atoms with Crippen molar-refractivity contribution >= 4 is 11.7 Å². The molecule has 0 bridgehead atoms. The number of para-hydroxylation sites is 1. The molecule has 1 aromatic rings. The van der Waals surface area contributed by atoms with Gasteiger partial charge in [0.1, 0.15) is 17.3 Å². The number of aliphatic hydroxyl groups is 1. The standard InChI is InChI=1S/C13H19N3O4.C7H7F2N.C2H6/c1-8-3-12(20-7-13(18)19)14-5-10(8)11-4-9(6-17)15-16(11)2;1-10-7-5(8)3-2-4-6(7)9;1-2/h3-4,9,14-15,17H,5-7H2,1-2H3,(H,18,19);2-4,10H,1H3;1-2H3. The second kappa shape index (κ2) is 13.3. The number of anilines is 1. The molecule has 5 N–H and O–H groups in total. The van der Waals surface area contributed by atoms with Crippen LogP contribution in [0.1, 0.15) is 20.8 Å². The lowest BCUT2D eigenvalue weighted by Crippen LogP contribution is -2.37. The van der Waals surface area contributed by atoms with Crippen molar-refractivity contribution in [3.8, 4) is 0 Å². The second-order valence-corrected chi connectivity index (χ2v) is 6.58. The van der Waals surface area contributed by atoms with Gasteiger partial charge >= 0.3 is 5.97 Å². The number of carboxylic acids is 1. The number of benzene rings is 1. The molecule has 10 heteroatoms. The maximum atomic E-state index is 12.5. The Bertz CT molecular complexity index is 851. The Morgan fingerprint density at radius 1 is 1.31 bits per heavy atom. The number of nitrogens with zero attached hydrogens (tertiary/aromatic N) is 1. The molecule has 178 valence electrons. The van der Waals surface area contributed by atoms with Crippen molar-refractivity contribution in [2.24, 2.45) is 0 Å². The summed E-state index contributed by atoms with van der Waals surface area (Å²) in [5.41, 5.74) is 6.13. The molecule has 8 nitrogen and oxygen atoms in total. The normalized spacial score (nSPS) is 17.1. The lowest BCUT2D eigenvalue weighted by Gasteiger charge is -2.25. The van der Waals surface area contributed by atoms with E-state index in [0.29, 0.717) is 12.4 Å². The third-order valence-corrected chi connectivity index (χ3v) is 4.41. The van der Waals surface area contributed by atoms with E-state index in [-0.39, 0.29) is 24.9 Å². The lowest BCUT2D eigenvalue weighted by atomic mass is 10.0. The number of hydrazine groups is 1. The van der Waals surface area contributed by atoms with Crippen LogP contribution in [0.15, 0.2) is 53.1 Å². The van der Waals surface area contributed by atoms with Crippen LogP contribution in [0, 0.1) is 11.6 Å². The number of nitrogens with one attached hydrogen (secondary N) is 3. The quantitative estimate of drug-likeness (QED) is 0.447. The fourth-order valence-corrected chi connectivity index (χ4v) is 2.97. The average molecular weight is 455 g/mol. The summed E-state index contributed by atoms with van der Waals surface area (Å²) in [7, 11) is 3.36. The fourth-order valence-electron chi connectivity index (χ4n) is 2.97. The van der Waals surface area contributed by atoms with Gasteiger partial charge in [0.25, 0.3) is 0 Å². The van der Waals surface area contributed by atoms with Gasteiger partial charge in [0.05, 0.1) is 18.3 Å². The summed E-state index contributed by atoms with van der Waals surface area (Å²) in [6.45, 7) is 6.17. The monoisotopic (exact) mass is 454 g/mol. The van der Waals surface area contributed by atoms with Gasteiger partial charge in [-0.25, -0.2) is 19.0 Å². The van der Waals surface area contributed by atoms with Crippen molar-refractivity contribution in [1.82, 2.24) is 15.8 Å². The summed E-state index contributed by atoms with van der Waals surface area (Å²) in [6, 6.07) is 3.65. The first-order valence-electron chi connectivity index (χ1n) is 10.2. The van der Waals surface area contributed by atoms with Crippen molar-refractivity contribution in [3.63, 3.8) is 0 Å². The van der Waals surface area contributed by atoms with Crippen LogP contribution in [0.5, 0.6) is 0 Å². The highest BCUT2D eigenvalue weighted by molar-refractivity contribution is 5.68. The van der Waals surface area contributed by atoms with Gasteiger partial charge < -0.3 is 30.6 Å². The van der Waals surface area contributed by atoms with E-state index in [0.717, 1.165) is 16.8 Å².